The summed E-state index contributed by atoms with van der Waals surface area (Å²) >= 11 is 6.79. The van der Waals surface area contributed by atoms with Crippen molar-refractivity contribution in [2.45, 2.75) is 13.3 Å². The van der Waals surface area contributed by atoms with Crippen LogP contribution in [0.4, 0.5) is 8.78 Å². The van der Waals surface area contributed by atoms with Crippen molar-refractivity contribution in [2.75, 3.05) is 0 Å². The fraction of sp³-hybridized carbons (Fsp3) is 0.182. The van der Waals surface area contributed by atoms with Crippen LogP contribution in [0.2, 0.25) is 5.02 Å². The third-order valence-electron chi connectivity index (χ3n) is 2.26. The number of Topliss-reactive ketones (excluding diaryl/α,β-unsaturated/α-hetero) is 1. The molecule has 0 unspecified atom stereocenters. The highest BCUT2D eigenvalue weighted by Gasteiger charge is 2.20. The zero-order chi connectivity index (χ0) is 11.9. The second-order valence-electron chi connectivity index (χ2n) is 3.26. The summed E-state index contributed by atoms with van der Waals surface area (Å²) in [6.45, 7) is 1.68. The Morgan fingerprint density at radius 3 is 2.56 bits per heavy atom. The van der Waals surface area contributed by atoms with Crippen molar-refractivity contribution in [1.82, 2.24) is 0 Å². The highest BCUT2D eigenvalue weighted by Crippen LogP contribution is 2.38. The number of carbonyl (C=O) groups is 1. The molecule has 84 valence electrons. The van der Waals surface area contributed by atoms with Crippen LogP contribution >= 0.6 is 22.9 Å². The highest BCUT2D eigenvalue weighted by molar-refractivity contribution is 7.21. The molecule has 2 rings (SSSR count). The molecule has 0 aliphatic rings. The van der Waals surface area contributed by atoms with Crippen LogP contribution in [-0.2, 0) is 0 Å². The lowest BCUT2D eigenvalue weighted by atomic mass is 10.2. The van der Waals surface area contributed by atoms with Crippen molar-refractivity contribution in [3.8, 4) is 0 Å². The molecule has 1 nitrogen and oxygen atoms in total. The maximum Gasteiger partial charge on any atom is 0.174 e. The van der Waals surface area contributed by atoms with E-state index < -0.39 is 11.6 Å². The Bertz CT molecular complexity index is 577. The zero-order valence-electron chi connectivity index (χ0n) is 8.31. The maximum absolute atomic E-state index is 13.5. The molecule has 2 aromatic rings. The Morgan fingerprint density at radius 2 is 2.00 bits per heavy atom. The van der Waals surface area contributed by atoms with Crippen LogP contribution in [0.5, 0.6) is 0 Å². The van der Waals surface area contributed by atoms with Crippen LogP contribution in [0, 0.1) is 11.6 Å². The van der Waals surface area contributed by atoms with Gasteiger partial charge in [-0.15, -0.1) is 11.3 Å². The summed E-state index contributed by atoms with van der Waals surface area (Å²) in [7, 11) is 0. The number of carbonyl (C=O) groups excluding carboxylic acids is 1. The minimum absolute atomic E-state index is 0.00321. The topological polar surface area (TPSA) is 17.1 Å². The van der Waals surface area contributed by atoms with Gasteiger partial charge in [0.1, 0.15) is 11.6 Å². The maximum atomic E-state index is 13.5. The van der Waals surface area contributed by atoms with Crippen LogP contribution in [0.25, 0.3) is 10.1 Å². The van der Waals surface area contributed by atoms with Crippen molar-refractivity contribution in [3.05, 3.63) is 33.7 Å². The Hall–Kier alpha value is -1.00. The normalized spacial score (nSPS) is 11.0. The summed E-state index contributed by atoms with van der Waals surface area (Å²) in [6, 6.07) is 2.04. The van der Waals surface area contributed by atoms with E-state index in [1.54, 1.807) is 6.92 Å². The molecule has 1 aromatic heterocycles. The quantitative estimate of drug-likeness (QED) is 0.730. The molecule has 1 aromatic carbocycles. The molecular weight excluding hydrogens is 254 g/mol. The van der Waals surface area contributed by atoms with Crippen molar-refractivity contribution in [3.63, 3.8) is 0 Å². The van der Waals surface area contributed by atoms with Gasteiger partial charge in [0.2, 0.25) is 0 Å². The van der Waals surface area contributed by atoms with E-state index in [-0.39, 0.29) is 32.2 Å². The first-order valence-electron chi connectivity index (χ1n) is 4.65. The van der Waals surface area contributed by atoms with Crippen LogP contribution < -0.4 is 0 Å². The Morgan fingerprint density at radius 1 is 1.38 bits per heavy atom. The molecule has 0 bridgehead atoms. The van der Waals surface area contributed by atoms with E-state index in [0.29, 0.717) is 0 Å². The number of halogens is 3. The van der Waals surface area contributed by atoms with E-state index in [4.69, 9.17) is 11.6 Å². The molecule has 0 radical (unpaired) electrons. The van der Waals surface area contributed by atoms with E-state index in [1.807, 2.05) is 0 Å². The summed E-state index contributed by atoms with van der Waals surface area (Å²) in [5.41, 5.74) is 0. The molecule has 16 heavy (non-hydrogen) atoms. The van der Waals surface area contributed by atoms with E-state index >= 15 is 0 Å². The molecule has 0 amide bonds. The van der Waals surface area contributed by atoms with Gasteiger partial charge >= 0.3 is 0 Å². The number of rotatable bonds is 2. The van der Waals surface area contributed by atoms with Crippen LogP contribution in [0.3, 0.4) is 0 Å². The second kappa shape index (κ2) is 4.11. The van der Waals surface area contributed by atoms with Gasteiger partial charge in [-0.05, 0) is 12.1 Å². The summed E-state index contributed by atoms with van der Waals surface area (Å²) in [6.07, 6.45) is 0.260. The molecule has 0 saturated carbocycles. The first-order chi connectivity index (χ1) is 7.56. The largest absolute Gasteiger partial charge is 0.293 e. The second-order valence-corrected chi connectivity index (χ2v) is 4.65. The molecule has 5 heteroatoms. The summed E-state index contributed by atoms with van der Waals surface area (Å²) < 4.78 is 27.0. The van der Waals surface area contributed by atoms with Gasteiger partial charge in [0.15, 0.2) is 5.78 Å². The van der Waals surface area contributed by atoms with Crippen molar-refractivity contribution in [1.29, 1.82) is 0 Å². The first-order valence-corrected chi connectivity index (χ1v) is 5.85. The van der Waals surface area contributed by atoms with E-state index in [2.05, 4.69) is 0 Å². The predicted octanol–water partition coefficient (Wildman–Crippen LogP) is 4.43. The van der Waals surface area contributed by atoms with E-state index in [0.717, 1.165) is 23.5 Å². The van der Waals surface area contributed by atoms with Gasteiger partial charge in [-0.1, -0.05) is 18.5 Å². The lowest BCUT2D eigenvalue weighted by molar-refractivity contribution is 0.0992. The van der Waals surface area contributed by atoms with Gasteiger partial charge in [0, 0.05) is 6.42 Å². The number of benzene rings is 1. The van der Waals surface area contributed by atoms with E-state index in [1.165, 1.54) is 0 Å². The number of fused-ring (bicyclic) bond motifs is 1. The van der Waals surface area contributed by atoms with Crippen molar-refractivity contribution >= 4 is 38.8 Å². The number of ketones is 1. The number of hydrogen-bond donors (Lipinski definition) is 0. The molecular formula is C11H7ClF2OS. The lowest BCUT2D eigenvalue weighted by Crippen LogP contribution is -1.92. The third kappa shape index (κ3) is 1.62. The van der Waals surface area contributed by atoms with Crippen LogP contribution in [0.15, 0.2) is 12.1 Å². The van der Waals surface area contributed by atoms with Crippen molar-refractivity contribution in [2.24, 2.45) is 0 Å². The average Bonchev–Trinajstić information content (AvgIpc) is 2.62. The molecule has 0 aliphatic heterocycles. The number of hydrogen-bond acceptors (Lipinski definition) is 2. The highest BCUT2D eigenvalue weighted by atomic mass is 35.5. The molecule has 0 N–H and O–H groups in total. The van der Waals surface area contributed by atoms with E-state index in [9.17, 15) is 13.6 Å². The smallest absolute Gasteiger partial charge is 0.174 e. The summed E-state index contributed by atoms with van der Waals surface area (Å²) in [4.78, 5) is 11.7. The third-order valence-corrected chi connectivity index (χ3v) is 3.99. The van der Waals surface area contributed by atoms with Gasteiger partial charge in [-0.2, -0.15) is 0 Å². The average molecular weight is 261 g/mol. The Kier molecular flexibility index (Phi) is 2.95. The van der Waals surface area contributed by atoms with Crippen LogP contribution in [-0.4, -0.2) is 5.78 Å². The molecule has 0 aliphatic carbocycles. The molecule has 1 heterocycles. The fourth-order valence-corrected chi connectivity index (χ4v) is 3.02. The molecule has 0 fully saturated rings. The summed E-state index contributed by atoms with van der Waals surface area (Å²) in [5.74, 6) is -1.36. The monoisotopic (exact) mass is 260 g/mol. The predicted molar refractivity (Wildman–Crippen MR) is 61.4 cm³/mol. The van der Waals surface area contributed by atoms with Crippen molar-refractivity contribution < 1.29 is 13.6 Å². The standard InChI is InChI=1S/C11H7ClF2OS/c1-2-7(15)11-9(12)8-5(13)3-4-6(14)10(8)16-11/h3-4H,2H2,1H3. The van der Waals surface area contributed by atoms with Gasteiger partial charge in [-0.3, -0.25) is 4.79 Å². The van der Waals surface area contributed by atoms with Gasteiger partial charge in [0.05, 0.1) is 20.0 Å². The fourth-order valence-electron chi connectivity index (χ4n) is 1.44. The molecule has 0 saturated heterocycles. The zero-order valence-corrected chi connectivity index (χ0v) is 9.88. The first kappa shape index (κ1) is 11.5. The minimum atomic E-state index is -0.604. The van der Waals surface area contributed by atoms with Gasteiger partial charge < -0.3 is 0 Å². The van der Waals surface area contributed by atoms with Gasteiger partial charge in [-0.25, -0.2) is 8.78 Å². The Balaban J connectivity index is 2.82. The summed E-state index contributed by atoms with van der Waals surface area (Å²) in [5, 5.41) is 0.0207. The minimum Gasteiger partial charge on any atom is -0.293 e. The molecule has 0 atom stereocenters. The SMILES string of the molecule is CCC(=O)c1sc2c(F)ccc(F)c2c1Cl. The van der Waals surface area contributed by atoms with Gasteiger partial charge in [0.25, 0.3) is 0 Å². The lowest BCUT2D eigenvalue weighted by Gasteiger charge is -1.94. The number of thiophene rings is 1. The van der Waals surface area contributed by atoms with Crippen LogP contribution in [0.1, 0.15) is 23.0 Å². The molecule has 0 spiro atoms. The Labute approximate surface area is 99.6 Å².